The summed E-state index contributed by atoms with van der Waals surface area (Å²) >= 11 is 0. The third kappa shape index (κ3) is 2.82. The van der Waals surface area contributed by atoms with Crippen molar-refractivity contribution in [3.05, 3.63) is 29.5 Å². The van der Waals surface area contributed by atoms with E-state index in [4.69, 9.17) is 9.84 Å². The molecule has 1 aromatic carbocycles. The summed E-state index contributed by atoms with van der Waals surface area (Å²) in [5.74, 6) is 0.635. The van der Waals surface area contributed by atoms with Gasteiger partial charge < -0.3 is 14.8 Å². The molecule has 0 spiro atoms. The molecule has 3 aliphatic heterocycles. The highest BCUT2D eigenvalue weighted by Crippen LogP contribution is 2.51. The number of carboxylic acids is 1. The molecule has 2 saturated heterocycles. The van der Waals surface area contributed by atoms with Crippen LogP contribution in [0.5, 0.6) is 5.75 Å². The van der Waals surface area contributed by atoms with Gasteiger partial charge in [0.2, 0.25) is 0 Å². The fourth-order valence-electron chi connectivity index (χ4n) is 6.03. The molecule has 148 valence electrons. The molecule has 4 aliphatic rings. The molecule has 5 atom stereocenters. The topological polar surface area (TPSA) is 82.6 Å². The molecule has 0 amide bonds. The summed E-state index contributed by atoms with van der Waals surface area (Å²) in [5, 5.41) is 9.86. The van der Waals surface area contributed by atoms with E-state index in [0.29, 0.717) is 17.7 Å². The Labute approximate surface area is 163 Å². The molecule has 0 radical (unpaired) electrons. The Morgan fingerprint density at radius 2 is 2.18 bits per heavy atom. The minimum atomic E-state index is -1.18. The number of hydrogen-bond acceptors (Lipinski definition) is 4. The zero-order valence-corrected chi connectivity index (χ0v) is 16.1. The van der Waals surface area contributed by atoms with E-state index < -0.39 is 18.4 Å². The molecule has 3 fully saturated rings. The van der Waals surface area contributed by atoms with Crippen LogP contribution in [-0.4, -0.2) is 46.1 Å². The number of aromatic nitrogens is 1. The van der Waals surface area contributed by atoms with Crippen LogP contribution in [-0.2, 0) is 16.0 Å². The number of carboxylic acid groups (broad SMARTS) is 1. The number of nitrogens with zero attached hydrogens (tertiary/aromatic N) is 1. The minimum Gasteiger partial charge on any atom is -0.481 e. The number of rotatable bonds is 4. The van der Waals surface area contributed by atoms with Crippen molar-refractivity contribution >= 4 is 22.8 Å². The van der Waals surface area contributed by atoms with Crippen molar-refractivity contribution < 1.29 is 19.4 Å². The van der Waals surface area contributed by atoms with E-state index in [9.17, 15) is 9.59 Å². The Hall–Kier alpha value is -2.34. The second-order valence-corrected chi connectivity index (χ2v) is 8.62. The number of nitrogens with one attached hydrogen (secondary N) is 1. The van der Waals surface area contributed by atoms with Gasteiger partial charge in [-0.2, -0.15) is 0 Å². The average molecular weight is 382 g/mol. The number of H-pyrrole nitrogens is 1. The van der Waals surface area contributed by atoms with Gasteiger partial charge in [0.15, 0.2) is 0 Å². The SMILES string of the molecule is CC[C@H]1C[C@@H]2C[C@H]3c4[nH]c5ccc(OC(=O)CC(=O)O)cc5c4CCN(C2)[C@@H]13. The van der Waals surface area contributed by atoms with Gasteiger partial charge in [-0.1, -0.05) is 13.3 Å². The van der Waals surface area contributed by atoms with Crippen molar-refractivity contribution in [2.45, 2.75) is 51.0 Å². The van der Waals surface area contributed by atoms with Crippen molar-refractivity contribution in [2.24, 2.45) is 11.8 Å². The van der Waals surface area contributed by atoms with E-state index in [1.54, 1.807) is 6.07 Å². The first-order valence-electron chi connectivity index (χ1n) is 10.3. The lowest BCUT2D eigenvalue weighted by atomic mass is 9.65. The quantitative estimate of drug-likeness (QED) is 0.482. The molecule has 2 N–H and O–H groups in total. The number of hydrogen-bond donors (Lipinski definition) is 2. The Balaban J connectivity index is 1.51. The second-order valence-electron chi connectivity index (χ2n) is 8.62. The predicted molar refractivity (Wildman–Crippen MR) is 104 cm³/mol. The summed E-state index contributed by atoms with van der Waals surface area (Å²) < 4.78 is 5.25. The van der Waals surface area contributed by atoms with Crippen LogP contribution in [0.3, 0.4) is 0 Å². The van der Waals surface area contributed by atoms with E-state index in [-0.39, 0.29) is 0 Å². The summed E-state index contributed by atoms with van der Waals surface area (Å²) in [6.45, 7) is 4.64. The third-order valence-electron chi connectivity index (χ3n) is 7.01. The summed E-state index contributed by atoms with van der Waals surface area (Å²) in [5.41, 5.74) is 3.80. The molecule has 1 aromatic heterocycles. The van der Waals surface area contributed by atoms with Crippen LogP contribution < -0.4 is 4.74 Å². The smallest absolute Gasteiger partial charge is 0.322 e. The lowest BCUT2D eigenvalue weighted by molar-refractivity contribution is -0.145. The van der Waals surface area contributed by atoms with E-state index >= 15 is 0 Å². The largest absolute Gasteiger partial charge is 0.481 e. The summed E-state index contributed by atoms with van der Waals surface area (Å²) in [4.78, 5) is 28.8. The maximum atomic E-state index is 11.7. The number of carbonyl (C=O) groups excluding carboxylic acids is 1. The lowest BCUT2D eigenvalue weighted by Gasteiger charge is -2.53. The fourth-order valence-corrected chi connectivity index (χ4v) is 6.03. The maximum Gasteiger partial charge on any atom is 0.322 e. The Morgan fingerprint density at radius 3 is 2.96 bits per heavy atom. The van der Waals surface area contributed by atoms with Crippen molar-refractivity contribution in [3.8, 4) is 5.75 Å². The molecular formula is C22H26N2O4. The first-order chi connectivity index (χ1) is 13.5. The van der Waals surface area contributed by atoms with Gasteiger partial charge in [-0.25, -0.2) is 0 Å². The van der Waals surface area contributed by atoms with Crippen LogP contribution in [0.25, 0.3) is 10.9 Å². The van der Waals surface area contributed by atoms with Gasteiger partial charge in [-0.3, -0.25) is 14.5 Å². The van der Waals surface area contributed by atoms with Crippen molar-refractivity contribution in [1.82, 2.24) is 9.88 Å². The summed E-state index contributed by atoms with van der Waals surface area (Å²) in [6.07, 6.45) is 4.25. The highest BCUT2D eigenvalue weighted by Gasteiger charge is 2.48. The molecular weight excluding hydrogens is 356 g/mol. The number of benzene rings is 1. The van der Waals surface area contributed by atoms with Gasteiger partial charge >= 0.3 is 11.9 Å². The zero-order chi connectivity index (χ0) is 19.4. The van der Waals surface area contributed by atoms with Gasteiger partial charge in [0, 0.05) is 41.6 Å². The maximum absolute atomic E-state index is 11.7. The van der Waals surface area contributed by atoms with Gasteiger partial charge in [0.1, 0.15) is 12.2 Å². The van der Waals surface area contributed by atoms with Crippen LogP contribution in [0.2, 0.25) is 0 Å². The molecule has 4 heterocycles. The highest BCUT2D eigenvalue weighted by molar-refractivity contribution is 5.92. The molecule has 6 heteroatoms. The normalized spacial score (nSPS) is 30.7. The number of piperidine rings is 2. The first-order valence-corrected chi connectivity index (χ1v) is 10.3. The zero-order valence-electron chi connectivity index (χ0n) is 16.1. The molecule has 6 rings (SSSR count). The molecule has 28 heavy (non-hydrogen) atoms. The van der Waals surface area contributed by atoms with E-state index in [2.05, 4.69) is 16.8 Å². The number of esters is 1. The second kappa shape index (κ2) is 6.62. The Bertz CT molecular complexity index is 949. The molecule has 2 aromatic rings. The minimum absolute atomic E-state index is 0.418. The van der Waals surface area contributed by atoms with Crippen LogP contribution in [0.4, 0.5) is 0 Å². The fraction of sp³-hybridized carbons (Fsp3) is 0.545. The number of ether oxygens (including phenoxy) is 1. The number of aliphatic carboxylic acids is 1. The standard InChI is InChI=1S/C22H26N2O4/c1-2-13-7-12-8-17-21-15(5-6-24(11-12)22(13)17)16-9-14(3-4-18(16)23-21)28-20(27)10-19(25)26/h3-4,9,12-13,17,22-23H,2,5-8,10-11H2,1H3,(H,25,26)/t12-,13+,17+,22+/m1/s1. The summed E-state index contributed by atoms with van der Waals surface area (Å²) in [7, 11) is 0. The number of fused-ring (bicyclic) bond motifs is 4. The van der Waals surface area contributed by atoms with Gasteiger partial charge in [0.25, 0.3) is 0 Å². The van der Waals surface area contributed by atoms with Crippen molar-refractivity contribution in [1.29, 1.82) is 0 Å². The van der Waals surface area contributed by atoms with Crippen LogP contribution in [0, 0.1) is 11.8 Å². The van der Waals surface area contributed by atoms with E-state index in [1.807, 2.05) is 12.1 Å². The highest BCUT2D eigenvalue weighted by atomic mass is 16.5. The Morgan fingerprint density at radius 1 is 1.32 bits per heavy atom. The lowest BCUT2D eigenvalue weighted by Crippen LogP contribution is -2.56. The van der Waals surface area contributed by atoms with E-state index in [1.165, 1.54) is 37.1 Å². The van der Waals surface area contributed by atoms with Crippen LogP contribution in [0.15, 0.2) is 18.2 Å². The summed E-state index contributed by atoms with van der Waals surface area (Å²) in [6, 6.07) is 6.22. The van der Waals surface area contributed by atoms with Gasteiger partial charge in [0.05, 0.1) is 0 Å². The van der Waals surface area contributed by atoms with Crippen molar-refractivity contribution in [3.63, 3.8) is 0 Å². The number of carbonyl (C=O) groups is 2. The Kier molecular flexibility index (Phi) is 4.19. The molecule has 4 bridgehead atoms. The monoisotopic (exact) mass is 382 g/mol. The van der Waals surface area contributed by atoms with E-state index in [0.717, 1.165) is 35.7 Å². The molecule has 1 unspecified atom stereocenters. The van der Waals surface area contributed by atoms with Crippen molar-refractivity contribution in [2.75, 3.05) is 13.1 Å². The average Bonchev–Trinajstić information content (AvgIpc) is 2.98. The molecule has 1 aliphatic carbocycles. The predicted octanol–water partition coefficient (Wildman–Crippen LogP) is 3.31. The first kappa shape index (κ1) is 17.7. The van der Waals surface area contributed by atoms with Gasteiger partial charge in [-0.05, 0) is 54.9 Å². The van der Waals surface area contributed by atoms with Gasteiger partial charge in [-0.15, -0.1) is 0 Å². The van der Waals surface area contributed by atoms with Crippen LogP contribution in [0.1, 0.15) is 49.8 Å². The number of aromatic amines is 1. The third-order valence-corrected chi connectivity index (χ3v) is 7.01. The molecule has 6 nitrogen and oxygen atoms in total. The van der Waals surface area contributed by atoms with Crippen LogP contribution >= 0.6 is 0 Å². The molecule has 1 saturated carbocycles.